The number of nitrogens with zero attached hydrogens (tertiary/aromatic N) is 3. The number of hydrogen-bond donors (Lipinski definition) is 3. The third-order valence-electron chi connectivity index (χ3n) is 5.81. The number of H-pyrrole nitrogens is 1. The normalized spacial score (nSPS) is 13.9. The molecule has 0 spiro atoms. The largest absolute Gasteiger partial charge is 0.396 e. The van der Waals surface area contributed by atoms with Gasteiger partial charge in [-0.2, -0.15) is 4.57 Å². The van der Waals surface area contributed by atoms with Crippen LogP contribution in [0.4, 0.5) is 15.8 Å². The number of morpholine rings is 1. The number of halogens is 1. The van der Waals surface area contributed by atoms with Crippen molar-refractivity contribution in [3.8, 4) is 16.8 Å². The molecule has 0 unspecified atom stereocenters. The maximum Gasteiger partial charge on any atom is 0.321 e. The Balaban J connectivity index is 1.84. The lowest BCUT2D eigenvalue weighted by Crippen LogP contribution is -2.38. The van der Waals surface area contributed by atoms with Crippen LogP contribution in [0.15, 0.2) is 59.8 Å². The fourth-order valence-electron chi connectivity index (χ4n) is 4.18. The molecule has 1 aliphatic heterocycles. The first-order valence-electron chi connectivity index (χ1n) is 10.5. The maximum atomic E-state index is 14.2. The van der Waals surface area contributed by atoms with Crippen LogP contribution in [-0.4, -0.2) is 42.5 Å². The van der Waals surface area contributed by atoms with E-state index in [2.05, 4.69) is 9.88 Å². The van der Waals surface area contributed by atoms with Crippen molar-refractivity contribution in [2.24, 2.45) is 0 Å². The van der Waals surface area contributed by atoms with Gasteiger partial charge in [0.05, 0.1) is 41.9 Å². The fraction of sp³-hybridized carbons (Fsp3) is 0.167. The van der Waals surface area contributed by atoms with Gasteiger partial charge in [-0.15, -0.1) is 0 Å². The number of ether oxygens (including phenoxy) is 1. The van der Waals surface area contributed by atoms with E-state index in [1.807, 2.05) is 12.1 Å². The van der Waals surface area contributed by atoms with E-state index in [4.69, 9.17) is 20.9 Å². The number of aromatic nitrogens is 3. The minimum atomic E-state index is -0.622. The van der Waals surface area contributed by atoms with Crippen LogP contribution < -0.4 is 20.8 Å². The molecule has 0 amide bonds. The Labute approximate surface area is 188 Å². The molecule has 0 saturated carbocycles. The summed E-state index contributed by atoms with van der Waals surface area (Å²) in [6, 6.07) is 10.1. The Kier molecular flexibility index (Phi) is 5.31. The van der Waals surface area contributed by atoms with Gasteiger partial charge in [-0.05, 0) is 12.1 Å². The summed E-state index contributed by atoms with van der Waals surface area (Å²) >= 11 is 0. The summed E-state index contributed by atoms with van der Waals surface area (Å²) in [6.45, 7) is 2.71. The van der Waals surface area contributed by atoms with Gasteiger partial charge in [0, 0.05) is 42.6 Å². The second-order valence-corrected chi connectivity index (χ2v) is 7.72. The van der Waals surface area contributed by atoms with E-state index in [1.54, 1.807) is 35.3 Å². The van der Waals surface area contributed by atoms with E-state index < -0.39 is 5.82 Å². The number of rotatable bonds is 4. The lowest BCUT2D eigenvalue weighted by Gasteiger charge is -2.28. The van der Waals surface area contributed by atoms with Crippen LogP contribution in [0.5, 0.6) is 0 Å². The average Bonchev–Trinajstić information content (AvgIpc) is 2.85. The van der Waals surface area contributed by atoms with E-state index in [-0.39, 0.29) is 16.8 Å². The van der Waals surface area contributed by atoms with Crippen LogP contribution in [0, 0.1) is 11.2 Å². The highest BCUT2D eigenvalue weighted by Gasteiger charge is 2.27. The topological polar surface area (TPSA) is 112 Å². The summed E-state index contributed by atoms with van der Waals surface area (Å²) in [4.78, 5) is 23.2. The van der Waals surface area contributed by atoms with Gasteiger partial charge in [-0.1, -0.05) is 12.1 Å². The summed E-state index contributed by atoms with van der Waals surface area (Å²) in [5, 5.41) is 7.87. The Bertz CT molecular complexity index is 1410. The SMILES string of the molecule is N=Cc1c(-c2c(-[n+]3ccccc3)c(=O)[nH]c3cc(N4CCOCC4)cnc23)ccc(F)c1N. The van der Waals surface area contributed by atoms with Gasteiger partial charge in [-0.3, -0.25) is 9.78 Å². The number of hydrogen-bond acceptors (Lipinski definition) is 6. The summed E-state index contributed by atoms with van der Waals surface area (Å²) in [5.74, 6) is -0.622. The molecule has 4 N–H and O–H groups in total. The minimum absolute atomic E-state index is 0.148. The Hall–Kier alpha value is -4.11. The van der Waals surface area contributed by atoms with Crippen LogP contribution in [0.1, 0.15) is 5.56 Å². The van der Waals surface area contributed by atoms with Crippen LogP contribution in [0.25, 0.3) is 27.8 Å². The van der Waals surface area contributed by atoms with Gasteiger partial charge in [0.2, 0.25) is 0 Å². The van der Waals surface area contributed by atoms with Gasteiger partial charge in [0.15, 0.2) is 12.4 Å². The molecule has 166 valence electrons. The second kappa shape index (κ2) is 8.44. The van der Waals surface area contributed by atoms with Crippen molar-refractivity contribution in [3.63, 3.8) is 0 Å². The van der Waals surface area contributed by atoms with Crippen molar-refractivity contribution >= 4 is 28.6 Å². The predicted molar refractivity (Wildman–Crippen MR) is 125 cm³/mol. The van der Waals surface area contributed by atoms with E-state index in [0.29, 0.717) is 41.1 Å². The summed E-state index contributed by atoms with van der Waals surface area (Å²) in [7, 11) is 0. The lowest BCUT2D eigenvalue weighted by molar-refractivity contribution is -0.596. The van der Waals surface area contributed by atoms with Gasteiger partial charge >= 0.3 is 5.56 Å². The minimum Gasteiger partial charge on any atom is -0.396 e. The van der Waals surface area contributed by atoms with Crippen molar-refractivity contribution in [2.45, 2.75) is 0 Å². The highest BCUT2D eigenvalue weighted by Crippen LogP contribution is 2.34. The maximum absolute atomic E-state index is 14.2. The Morgan fingerprint density at radius 2 is 1.97 bits per heavy atom. The third-order valence-corrected chi connectivity index (χ3v) is 5.81. The molecule has 1 aliphatic rings. The van der Waals surface area contributed by atoms with Gasteiger partial charge < -0.3 is 25.8 Å². The van der Waals surface area contributed by atoms with Gasteiger partial charge in [0.1, 0.15) is 11.3 Å². The zero-order chi connectivity index (χ0) is 22.9. The lowest BCUT2D eigenvalue weighted by atomic mass is 9.96. The van der Waals surface area contributed by atoms with E-state index in [1.165, 1.54) is 12.1 Å². The number of anilines is 2. The standard InChI is InChI=1S/C24H21FN6O2/c25-18-5-4-16(17(13-26)21(18)27)20-22-19(12-15(14-28-22)30-8-10-33-11-9-30)29-24(32)23(20)31-6-2-1-3-7-31/h1-7,12-14H,8-11H2,(H3-,26,27,29,32)/p+1. The highest BCUT2D eigenvalue weighted by molar-refractivity contribution is 6.03. The molecule has 4 aromatic rings. The first kappa shape index (κ1) is 20.8. The smallest absolute Gasteiger partial charge is 0.321 e. The van der Waals surface area contributed by atoms with Gasteiger partial charge in [0.25, 0.3) is 5.69 Å². The molecule has 3 aromatic heterocycles. The van der Waals surface area contributed by atoms with E-state index >= 15 is 0 Å². The van der Waals surface area contributed by atoms with Crippen molar-refractivity contribution in [1.82, 2.24) is 9.97 Å². The Morgan fingerprint density at radius 3 is 2.70 bits per heavy atom. The molecule has 0 aliphatic carbocycles. The van der Waals surface area contributed by atoms with E-state index in [0.717, 1.165) is 25.0 Å². The molecular formula is C24H22FN6O2+. The zero-order valence-corrected chi connectivity index (χ0v) is 17.7. The number of pyridine rings is 3. The number of nitrogens with two attached hydrogens (primary N) is 1. The van der Waals surface area contributed by atoms with Crippen molar-refractivity contribution in [2.75, 3.05) is 36.9 Å². The zero-order valence-electron chi connectivity index (χ0n) is 17.7. The highest BCUT2D eigenvalue weighted by atomic mass is 19.1. The summed E-state index contributed by atoms with van der Waals surface area (Å²) in [6.07, 6.45) is 6.26. The van der Waals surface area contributed by atoms with Crippen molar-refractivity contribution in [1.29, 1.82) is 5.41 Å². The molecular weight excluding hydrogens is 423 g/mol. The molecule has 1 aromatic carbocycles. The monoisotopic (exact) mass is 445 g/mol. The van der Waals surface area contributed by atoms with Crippen molar-refractivity contribution < 1.29 is 13.7 Å². The molecule has 5 rings (SSSR count). The quantitative estimate of drug-likeness (QED) is 0.254. The molecule has 33 heavy (non-hydrogen) atoms. The number of nitrogens with one attached hydrogen (secondary N) is 2. The number of benzene rings is 1. The number of fused-ring (bicyclic) bond motifs is 1. The Morgan fingerprint density at radius 1 is 1.21 bits per heavy atom. The van der Waals surface area contributed by atoms with Crippen LogP contribution in [0.3, 0.4) is 0 Å². The first-order chi connectivity index (χ1) is 16.1. The molecule has 9 heteroatoms. The van der Waals surface area contributed by atoms with Crippen LogP contribution in [0.2, 0.25) is 0 Å². The average molecular weight is 445 g/mol. The summed E-state index contributed by atoms with van der Waals surface area (Å²) in [5.41, 5.74) is 8.85. The molecule has 8 nitrogen and oxygen atoms in total. The molecule has 1 saturated heterocycles. The summed E-state index contributed by atoms with van der Waals surface area (Å²) < 4.78 is 21.3. The predicted octanol–water partition coefficient (Wildman–Crippen LogP) is 2.42. The third kappa shape index (κ3) is 3.62. The van der Waals surface area contributed by atoms with Gasteiger partial charge in [-0.25, -0.2) is 4.39 Å². The first-order valence-corrected chi connectivity index (χ1v) is 10.5. The second-order valence-electron chi connectivity index (χ2n) is 7.72. The number of nitrogen functional groups attached to an aromatic ring is 1. The molecule has 0 bridgehead atoms. The fourth-order valence-corrected chi connectivity index (χ4v) is 4.18. The molecule has 0 radical (unpaired) electrons. The van der Waals surface area contributed by atoms with Crippen LogP contribution in [-0.2, 0) is 4.74 Å². The van der Waals surface area contributed by atoms with E-state index in [9.17, 15) is 9.18 Å². The molecule has 4 heterocycles. The number of aromatic amines is 1. The van der Waals surface area contributed by atoms with Crippen LogP contribution >= 0.6 is 0 Å². The van der Waals surface area contributed by atoms with Crippen molar-refractivity contribution in [3.05, 3.63) is 76.7 Å². The molecule has 1 fully saturated rings. The molecule has 0 atom stereocenters.